The molecule has 0 atom stereocenters. The van der Waals surface area contributed by atoms with Gasteiger partial charge in [0, 0.05) is 13.7 Å². The van der Waals surface area contributed by atoms with E-state index in [1.165, 1.54) is 7.11 Å². The van der Waals surface area contributed by atoms with Crippen LogP contribution in [-0.4, -0.2) is 39.2 Å². The van der Waals surface area contributed by atoms with Gasteiger partial charge in [0.1, 0.15) is 12.4 Å². The van der Waals surface area contributed by atoms with Crippen LogP contribution >= 0.6 is 0 Å². The number of ether oxygens (including phenoxy) is 2. The largest absolute Gasteiger partial charge is 0.491 e. The van der Waals surface area contributed by atoms with Gasteiger partial charge in [-0.3, -0.25) is 4.79 Å². The van der Waals surface area contributed by atoms with Crippen LogP contribution in [0.2, 0.25) is 0 Å². The van der Waals surface area contributed by atoms with Crippen molar-refractivity contribution >= 4 is 11.5 Å². The summed E-state index contributed by atoms with van der Waals surface area (Å²) in [4.78, 5) is 13.7. The minimum Gasteiger partial charge on any atom is -0.491 e. The van der Waals surface area contributed by atoms with Gasteiger partial charge < -0.3 is 14.4 Å². The lowest BCUT2D eigenvalue weighted by Gasteiger charge is -2.22. The van der Waals surface area contributed by atoms with Crippen LogP contribution in [0, 0.1) is 0 Å². The van der Waals surface area contributed by atoms with E-state index in [1.807, 2.05) is 24.3 Å². The molecule has 4 heteroatoms. The van der Waals surface area contributed by atoms with Crippen LogP contribution in [0.25, 0.3) is 0 Å². The Hall–Kier alpha value is -1.55. The summed E-state index contributed by atoms with van der Waals surface area (Å²) in [7, 11) is 1.54. The van der Waals surface area contributed by atoms with Gasteiger partial charge in [-0.25, -0.2) is 0 Å². The van der Waals surface area contributed by atoms with Crippen molar-refractivity contribution in [1.29, 1.82) is 0 Å². The molecule has 2 rings (SSSR count). The smallest absolute Gasteiger partial charge is 0.177 e. The number of carbonyl (C=O) groups is 1. The Bertz CT molecular complexity index is 392. The first kappa shape index (κ1) is 11.9. The van der Waals surface area contributed by atoms with Gasteiger partial charge >= 0.3 is 0 Å². The summed E-state index contributed by atoms with van der Waals surface area (Å²) in [6.45, 7) is 2.09. The first-order valence-electron chi connectivity index (χ1n) is 5.78. The average molecular weight is 235 g/mol. The van der Waals surface area contributed by atoms with Crippen LogP contribution in [0.15, 0.2) is 24.3 Å². The highest BCUT2D eigenvalue weighted by atomic mass is 16.5. The van der Waals surface area contributed by atoms with Crippen LogP contribution in [0.3, 0.4) is 0 Å². The van der Waals surface area contributed by atoms with Crippen molar-refractivity contribution in [1.82, 2.24) is 0 Å². The zero-order valence-electron chi connectivity index (χ0n) is 10.0. The van der Waals surface area contributed by atoms with Gasteiger partial charge in [-0.15, -0.1) is 0 Å². The maximum atomic E-state index is 11.6. The van der Waals surface area contributed by atoms with Crippen molar-refractivity contribution in [3.63, 3.8) is 0 Å². The number of hydrogen-bond acceptors (Lipinski definition) is 4. The van der Waals surface area contributed by atoms with E-state index in [0.717, 1.165) is 24.4 Å². The molecule has 1 aromatic carbocycles. The topological polar surface area (TPSA) is 38.8 Å². The molecule has 1 aromatic rings. The SMILES string of the molecule is COCC(=O)CN1CCCOc2ccccc21. The van der Waals surface area contributed by atoms with E-state index in [-0.39, 0.29) is 12.4 Å². The fourth-order valence-corrected chi connectivity index (χ4v) is 1.98. The first-order chi connectivity index (χ1) is 8.31. The van der Waals surface area contributed by atoms with Crippen molar-refractivity contribution in [2.75, 3.05) is 38.3 Å². The molecule has 17 heavy (non-hydrogen) atoms. The number of methoxy groups -OCH3 is 1. The molecule has 0 fully saturated rings. The lowest BCUT2D eigenvalue weighted by molar-refractivity contribution is -0.121. The molecule has 1 aliphatic rings. The molecule has 0 unspecified atom stereocenters. The molecule has 1 aliphatic heterocycles. The molecule has 0 saturated heterocycles. The first-order valence-corrected chi connectivity index (χ1v) is 5.78. The van der Waals surface area contributed by atoms with Crippen LogP contribution in [0.5, 0.6) is 5.75 Å². The fourth-order valence-electron chi connectivity index (χ4n) is 1.98. The van der Waals surface area contributed by atoms with Crippen molar-refractivity contribution in [3.8, 4) is 5.75 Å². The molecule has 0 radical (unpaired) electrons. The minimum atomic E-state index is 0.0872. The number of rotatable bonds is 4. The van der Waals surface area contributed by atoms with E-state index in [0.29, 0.717) is 13.2 Å². The molecule has 92 valence electrons. The number of ketones is 1. The Balaban J connectivity index is 2.14. The highest BCUT2D eigenvalue weighted by molar-refractivity contribution is 5.85. The Labute approximate surface area is 101 Å². The van der Waals surface area contributed by atoms with Crippen LogP contribution in [-0.2, 0) is 9.53 Å². The molecule has 0 amide bonds. The Morgan fingerprint density at radius 1 is 1.47 bits per heavy atom. The van der Waals surface area contributed by atoms with E-state index in [2.05, 4.69) is 4.90 Å². The van der Waals surface area contributed by atoms with Crippen molar-refractivity contribution < 1.29 is 14.3 Å². The lowest BCUT2D eigenvalue weighted by atomic mass is 10.2. The van der Waals surface area contributed by atoms with Gasteiger partial charge in [-0.05, 0) is 18.6 Å². The van der Waals surface area contributed by atoms with Crippen molar-refractivity contribution in [3.05, 3.63) is 24.3 Å². The molecule has 1 heterocycles. The predicted molar refractivity (Wildman–Crippen MR) is 65.7 cm³/mol. The number of carbonyl (C=O) groups excluding carboxylic acids is 1. The number of Topliss-reactive ketones (excluding diaryl/α,β-unsaturated/α-hetero) is 1. The van der Waals surface area contributed by atoms with E-state index in [4.69, 9.17) is 9.47 Å². The van der Waals surface area contributed by atoms with Gasteiger partial charge in [-0.2, -0.15) is 0 Å². The molecule has 0 spiro atoms. The molecule has 4 nitrogen and oxygen atoms in total. The van der Waals surface area contributed by atoms with Crippen LogP contribution < -0.4 is 9.64 Å². The zero-order chi connectivity index (χ0) is 12.1. The summed E-state index contributed by atoms with van der Waals surface area (Å²) in [6, 6.07) is 7.83. The van der Waals surface area contributed by atoms with Gasteiger partial charge in [0.25, 0.3) is 0 Å². The monoisotopic (exact) mass is 235 g/mol. The quantitative estimate of drug-likeness (QED) is 0.792. The van der Waals surface area contributed by atoms with Gasteiger partial charge in [-0.1, -0.05) is 12.1 Å². The number of anilines is 1. The van der Waals surface area contributed by atoms with Gasteiger partial charge in [0.2, 0.25) is 0 Å². The molecular formula is C13H17NO3. The summed E-state index contributed by atoms with van der Waals surface area (Å²) in [5.74, 6) is 0.944. The lowest BCUT2D eigenvalue weighted by Crippen LogP contribution is -2.32. The molecule has 0 N–H and O–H groups in total. The Morgan fingerprint density at radius 2 is 2.29 bits per heavy atom. The standard InChI is InChI=1S/C13H17NO3/c1-16-10-11(15)9-14-7-4-8-17-13-6-3-2-5-12(13)14/h2-3,5-6H,4,7-10H2,1H3. The highest BCUT2D eigenvalue weighted by Crippen LogP contribution is 2.30. The molecule has 0 aliphatic carbocycles. The van der Waals surface area contributed by atoms with Gasteiger partial charge in [0.05, 0.1) is 18.8 Å². The van der Waals surface area contributed by atoms with E-state index in [9.17, 15) is 4.79 Å². The maximum absolute atomic E-state index is 11.6. The Morgan fingerprint density at radius 3 is 3.12 bits per heavy atom. The second-order valence-electron chi connectivity index (χ2n) is 4.06. The number of fused-ring (bicyclic) bond motifs is 1. The summed E-state index contributed by atoms with van der Waals surface area (Å²) in [5.41, 5.74) is 0.995. The number of benzene rings is 1. The highest BCUT2D eigenvalue weighted by Gasteiger charge is 2.17. The number of nitrogens with zero attached hydrogens (tertiary/aromatic N) is 1. The van der Waals surface area contributed by atoms with Gasteiger partial charge in [0.15, 0.2) is 5.78 Å². The van der Waals surface area contributed by atoms with E-state index in [1.54, 1.807) is 0 Å². The van der Waals surface area contributed by atoms with E-state index < -0.39 is 0 Å². The third-order valence-electron chi connectivity index (χ3n) is 2.71. The molecule has 0 saturated carbocycles. The molecule has 0 aromatic heterocycles. The third-order valence-corrected chi connectivity index (χ3v) is 2.71. The van der Waals surface area contributed by atoms with Crippen molar-refractivity contribution in [2.45, 2.75) is 6.42 Å². The molecular weight excluding hydrogens is 218 g/mol. The predicted octanol–water partition coefficient (Wildman–Crippen LogP) is 1.49. The van der Waals surface area contributed by atoms with Crippen LogP contribution in [0.4, 0.5) is 5.69 Å². The van der Waals surface area contributed by atoms with E-state index >= 15 is 0 Å². The average Bonchev–Trinajstić information content (AvgIpc) is 2.53. The second-order valence-corrected chi connectivity index (χ2v) is 4.06. The number of hydrogen-bond donors (Lipinski definition) is 0. The fraction of sp³-hybridized carbons (Fsp3) is 0.462. The summed E-state index contributed by atoms with van der Waals surface area (Å²) in [5, 5.41) is 0. The summed E-state index contributed by atoms with van der Waals surface area (Å²) in [6.07, 6.45) is 0.926. The normalized spacial score (nSPS) is 14.8. The molecule has 0 bridgehead atoms. The summed E-state index contributed by atoms with van der Waals surface area (Å²) >= 11 is 0. The number of para-hydroxylation sites is 2. The summed E-state index contributed by atoms with van der Waals surface area (Å²) < 4.78 is 10.5. The minimum absolute atomic E-state index is 0.0872. The second kappa shape index (κ2) is 5.68. The third kappa shape index (κ3) is 2.97. The Kier molecular flexibility index (Phi) is 3.98. The zero-order valence-corrected chi connectivity index (χ0v) is 10.0. The van der Waals surface area contributed by atoms with Crippen molar-refractivity contribution in [2.24, 2.45) is 0 Å². The van der Waals surface area contributed by atoms with Crippen LogP contribution in [0.1, 0.15) is 6.42 Å². The maximum Gasteiger partial charge on any atom is 0.177 e.